The first kappa shape index (κ1) is 30.8. The van der Waals surface area contributed by atoms with Crippen molar-refractivity contribution in [3.8, 4) is 23.5 Å². The Kier molecular flexibility index (Phi) is 6.61. The summed E-state index contributed by atoms with van der Waals surface area (Å²) in [6.45, 7) is 2.28. The van der Waals surface area contributed by atoms with E-state index in [-0.39, 0.29) is 12.0 Å². The maximum Gasteiger partial charge on any atom is 0.101 e. The number of benzene rings is 5. The van der Waals surface area contributed by atoms with Gasteiger partial charge in [-0.15, -0.1) is 0 Å². The van der Waals surface area contributed by atoms with Gasteiger partial charge in [0.25, 0.3) is 0 Å². The summed E-state index contributed by atoms with van der Waals surface area (Å²) in [7, 11) is 0. The quantitative estimate of drug-likeness (QED) is 0.185. The van der Waals surface area contributed by atoms with Crippen LogP contribution in [0.25, 0.3) is 77.9 Å². The highest BCUT2D eigenvalue weighted by molar-refractivity contribution is 6.21. The first-order valence-corrected chi connectivity index (χ1v) is 19.0. The predicted molar refractivity (Wildman–Crippen MR) is 221 cm³/mol. The zero-order chi connectivity index (χ0) is 36.1. The van der Waals surface area contributed by atoms with Crippen molar-refractivity contribution in [2.75, 3.05) is 0 Å². The van der Waals surface area contributed by atoms with Gasteiger partial charge >= 0.3 is 0 Å². The number of hydrogen-bond acceptors (Lipinski definition) is 2. The second-order valence-corrected chi connectivity index (χ2v) is 15.0. The molecule has 0 fully saturated rings. The van der Waals surface area contributed by atoms with Crippen LogP contribution >= 0.6 is 0 Å². The Morgan fingerprint density at radius 1 is 0.648 bits per heavy atom. The van der Waals surface area contributed by atoms with Gasteiger partial charge < -0.3 is 13.7 Å². The van der Waals surface area contributed by atoms with Crippen LogP contribution in [-0.4, -0.2) is 13.7 Å². The van der Waals surface area contributed by atoms with E-state index in [0.29, 0.717) is 16.8 Å². The Labute approximate surface area is 312 Å². The number of allylic oxidation sites excluding steroid dienone is 6. The molecule has 0 spiro atoms. The van der Waals surface area contributed by atoms with Crippen LogP contribution < -0.4 is 0 Å². The van der Waals surface area contributed by atoms with E-state index in [9.17, 15) is 10.5 Å². The molecular weight excluding hydrogens is 659 g/mol. The molecule has 5 aromatic carbocycles. The lowest BCUT2D eigenvalue weighted by atomic mass is 9.92. The Morgan fingerprint density at radius 3 is 2.20 bits per heavy atom. The minimum absolute atomic E-state index is 0.213. The van der Waals surface area contributed by atoms with E-state index >= 15 is 0 Å². The van der Waals surface area contributed by atoms with Crippen LogP contribution in [0.15, 0.2) is 121 Å². The van der Waals surface area contributed by atoms with E-state index < -0.39 is 0 Å². The van der Waals surface area contributed by atoms with Crippen molar-refractivity contribution < 1.29 is 0 Å². The average Bonchev–Trinajstić information content (AvgIpc) is 3.87. The van der Waals surface area contributed by atoms with Gasteiger partial charge in [0, 0.05) is 50.0 Å². The second kappa shape index (κ2) is 11.6. The van der Waals surface area contributed by atoms with Gasteiger partial charge in [-0.1, -0.05) is 110 Å². The maximum absolute atomic E-state index is 11.0. The smallest absolute Gasteiger partial charge is 0.101 e. The molecule has 2 atom stereocenters. The van der Waals surface area contributed by atoms with E-state index in [4.69, 9.17) is 0 Å². The molecule has 8 aromatic rings. The summed E-state index contributed by atoms with van der Waals surface area (Å²) in [5.74, 6) is 0.213. The summed E-state index contributed by atoms with van der Waals surface area (Å²) in [4.78, 5) is 0. The lowest BCUT2D eigenvalue weighted by Crippen LogP contribution is -2.12. The summed E-state index contributed by atoms with van der Waals surface area (Å²) < 4.78 is 7.09. The van der Waals surface area contributed by atoms with Gasteiger partial charge in [0.2, 0.25) is 0 Å². The lowest BCUT2D eigenvalue weighted by molar-refractivity contribution is 0.600. The third kappa shape index (κ3) is 4.13. The van der Waals surface area contributed by atoms with Gasteiger partial charge in [-0.2, -0.15) is 10.5 Å². The Hall–Kier alpha value is -6.82. The molecule has 11 rings (SSSR count). The number of nitrogens with zero attached hydrogens (tertiary/aromatic N) is 5. The molecule has 256 valence electrons. The number of nitriles is 2. The van der Waals surface area contributed by atoms with E-state index in [1.165, 1.54) is 49.6 Å². The fourth-order valence-electron chi connectivity index (χ4n) is 9.83. The van der Waals surface area contributed by atoms with Gasteiger partial charge in [-0.05, 0) is 66.8 Å². The molecule has 0 N–H and O–H groups in total. The number of rotatable bonds is 3. The van der Waals surface area contributed by atoms with Crippen molar-refractivity contribution in [2.24, 2.45) is 0 Å². The van der Waals surface area contributed by atoms with Crippen molar-refractivity contribution in [3.63, 3.8) is 0 Å². The lowest BCUT2D eigenvalue weighted by Gasteiger charge is -2.22. The van der Waals surface area contributed by atoms with Crippen LogP contribution in [0.1, 0.15) is 71.8 Å². The van der Waals surface area contributed by atoms with E-state index in [1.54, 1.807) is 0 Å². The van der Waals surface area contributed by atoms with Gasteiger partial charge in [-0.3, -0.25) is 0 Å². The molecule has 5 heteroatoms. The normalized spacial score (nSPS) is 17.5. The first-order valence-electron chi connectivity index (χ1n) is 19.0. The van der Waals surface area contributed by atoms with Crippen molar-refractivity contribution in [1.82, 2.24) is 13.7 Å². The minimum Gasteiger partial charge on any atom is -0.336 e. The average molecular weight is 694 g/mol. The van der Waals surface area contributed by atoms with Crippen LogP contribution in [0.2, 0.25) is 0 Å². The largest absolute Gasteiger partial charge is 0.336 e. The van der Waals surface area contributed by atoms with Crippen LogP contribution in [-0.2, 0) is 6.42 Å². The molecule has 3 aliphatic carbocycles. The number of hydrogen-bond donors (Lipinski definition) is 0. The van der Waals surface area contributed by atoms with Crippen LogP contribution in [0.4, 0.5) is 0 Å². The summed E-state index contributed by atoms with van der Waals surface area (Å²) in [5, 5.41) is 29.1. The molecule has 3 aromatic heterocycles. The molecule has 3 aliphatic rings. The highest BCUT2D eigenvalue weighted by atomic mass is 15.1. The number of aromatic nitrogens is 3. The molecule has 5 nitrogen and oxygen atoms in total. The van der Waals surface area contributed by atoms with E-state index in [2.05, 4.69) is 148 Å². The minimum atomic E-state index is 0.213. The Balaban J connectivity index is 1.23. The van der Waals surface area contributed by atoms with Crippen molar-refractivity contribution >= 4 is 66.5 Å². The fourth-order valence-corrected chi connectivity index (χ4v) is 9.83. The standard InChI is InChI=1S/C49H35N5/c1-30-12-11-19-39-47-43(25-23-37-36-17-7-9-20-40(36)52(49(37)47)34-14-3-2-4-15-34)54(48(30)39)45-27-32(28-50)44(26-33(45)29-51)53-41-21-10-8-18-38(41)46-35-16-6-5-13-31(35)22-24-42(46)53/h2-8,10-11,13-14,16-19,21-27,30,34H,9,12,15,20H2,1H3/t30?,34-/m1/s1. The second-order valence-electron chi connectivity index (χ2n) is 15.0. The summed E-state index contributed by atoms with van der Waals surface area (Å²) in [6.07, 6.45) is 22.0. The Bertz CT molecular complexity index is 3150. The van der Waals surface area contributed by atoms with Crippen LogP contribution in [0.5, 0.6) is 0 Å². The molecular formula is C49H35N5. The highest BCUT2D eigenvalue weighted by Gasteiger charge is 2.31. The monoisotopic (exact) mass is 693 g/mol. The molecule has 0 bridgehead atoms. The molecule has 0 radical (unpaired) electrons. The van der Waals surface area contributed by atoms with Crippen LogP contribution in [0.3, 0.4) is 0 Å². The number of para-hydroxylation sites is 1. The summed E-state index contributed by atoms with van der Waals surface area (Å²) >= 11 is 0. The predicted octanol–water partition coefficient (Wildman–Crippen LogP) is 12.1. The van der Waals surface area contributed by atoms with E-state index in [1.807, 2.05) is 18.2 Å². The number of fused-ring (bicyclic) bond motifs is 12. The molecule has 0 saturated heterocycles. The maximum atomic E-state index is 11.0. The molecule has 0 aliphatic heterocycles. The van der Waals surface area contributed by atoms with Crippen LogP contribution in [0, 0.1) is 22.7 Å². The summed E-state index contributed by atoms with van der Waals surface area (Å²) in [5.41, 5.74) is 12.0. The zero-order valence-corrected chi connectivity index (χ0v) is 29.9. The first-order chi connectivity index (χ1) is 26.7. The van der Waals surface area contributed by atoms with Crippen molar-refractivity contribution in [3.05, 3.63) is 155 Å². The van der Waals surface area contributed by atoms with Gasteiger partial charge in [0.1, 0.15) is 12.1 Å². The SMILES string of the molecule is CC1CC=Cc2c1n(-c1cc(C#N)c(-n3c4ccccc4c4c5ccccc5ccc43)cc1C#N)c1ccc3c4c(n([C@@H]5C=CC=CC5)c3c21)CCC=C4. The zero-order valence-electron chi connectivity index (χ0n) is 29.9. The van der Waals surface area contributed by atoms with E-state index in [0.717, 1.165) is 58.7 Å². The van der Waals surface area contributed by atoms with Crippen molar-refractivity contribution in [1.29, 1.82) is 10.5 Å². The highest BCUT2D eigenvalue weighted by Crippen LogP contribution is 2.47. The molecule has 3 heterocycles. The van der Waals surface area contributed by atoms with Gasteiger partial charge in [0.05, 0.1) is 50.6 Å². The third-order valence-corrected chi connectivity index (χ3v) is 12.1. The van der Waals surface area contributed by atoms with Gasteiger partial charge in [0.15, 0.2) is 0 Å². The van der Waals surface area contributed by atoms with Crippen molar-refractivity contribution in [2.45, 2.75) is 44.6 Å². The summed E-state index contributed by atoms with van der Waals surface area (Å²) in [6, 6.07) is 35.0. The molecule has 0 amide bonds. The molecule has 0 saturated carbocycles. The molecule has 54 heavy (non-hydrogen) atoms. The Morgan fingerprint density at radius 2 is 1.39 bits per heavy atom. The fraction of sp³-hybridized carbons (Fsp3) is 0.143. The molecule has 1 unspecified atom stereocenters. The van der Waals surface area contributed by atoms with Gasteiger partial charge in [-0.25, -0.2) is 0 Å². The topological polar surface area (TPSA) is 62.4 Å². The third-order valence-electron chi connectivity index (χ3n) is 12.1.